The number of benzene rings is 3. The molecule has 1 aliphatic heterocycles. The summed E-state index contributed by atoms with van der Waals surface area (Å²) in [4.78, 5) is 53.1. The normalized spacial score (nSPS) is 17.3. The van der Waals surface area contributed by atoms with Crippen LogP contribution >= 0.6 is 0 Å². The quantitative estimate of drug-likeness (QED) is 0.149. The van der Waals surface area contributed by atoms with Gasteiger partial charge < -0.3 is 21.1 Å². The van der Waals surface area contributed by atoms with Gasteiger partial charge in [0.2, 0.25) is 0 Å². The number of fused-ring (bicyclic) bond motifs is 3. The van der Waals surface area contributed by atoms with Gasteiger partial charge in [0, 0.05) is 65.5 Å². The number of Topliss-reactive ketones (excluding diaryl/α,β-unsaturated/α-hetero) is 2. The van der Waals surface area contributed by atoms with Gasteiger partial charge in [0.05, 0.1) is 18.8 Å². The average molecular weight is 764 g/mol. The molecule has 0 amide bonds. The fraction of sp³-hybridized carbons (Fsp3) is 0.348. The van der Waals surface area contributed by atoms with Crippen LogP contribution in [0.25, 0.3) is 32.7 Å². The molecule has 56 heavy (non-hydrogen) atoms. The third kappa shape index (κ3) is 11.9. The Hall–Kier alpha value is -4.21. The molecule has 288 valence electrons. The Morgan fingerprint density at radius 1 is 0.625 bits per heavy atom. The first kappa shape index (κ1) is 44.5. The first-order valence-corrected chi connectivity index (χ1v) is 19.2. The molecule has 4 aliphatic rings. The zero-order valence-electron chi connectivity index (χ0n) is 33.6. The number of aromatic amines is 3. The number of aryl methyl sites for hydroxylation is 3. The number of ether oxygens (including phenoxy) is 1. The molecule has 10 heteroatoms. The molecule has 3 aromatic carbocycles. The number of ketones is 4. The Labute approximate surface area is 353 Å². The van der Waals surface area contributed by atoms with Crippen molar-refractivity contribution in [2.24, 2.45) is 0 Å². The summed E-state index contributed by atoms with van der Waals surface area (Å²) in [7, 11) is 0. The van der Waals surface area contributed by atoms with Gasteiger partial charge in [-0.3, -0.25) is 19.2 Å². The van der Waals surface area contributed by atoms with Crippen molar-refractivity contribution in [2.45, 2.75) is 90.4 Å². The molecule has 3 aromatic heterocycles. The Balaban J connectivity index is 0.000000199. The molecule has 3 aliphatic carbocycles. The van der Waals surface area contributed by atoms with Crippen LogP contribution in [0, 0.1) is 20.8 Å². The van der Waals surface area contributed by atoms with Crippen LogP contribution in [0.4, 0.5) is 0 Å². The van der Waals surface area contributed by atoms with Crippen molar-refractivity contribution in [1.82, 2.24) is 15.0 Å². The number of rotatable bonds is 2. The van der Waals surface area contributed by atoms with E-state index in [1.807, 2.05) is 31.5 Å². The first-order chi connectivity index (χ1) is 26.1. The van der Waals surface area contributed by atoms with Crippen LogP contribution in [0.1, 0.15) is 98.9 Å². The standard InChI is InChI=1S/C14H13NO2.C14H17N.C9H9N.C5H4O2.C4H8O.Al.Li.4H/c1-8-2-3-10-12(7-15-13(10)4-8)11-5-9(16)6-14(11)17;1-10-6-7-12-13(9-15-14(12)8-10)11-4-2-3-5-11;1-7-2-3-8-4-5-10-9(8)6-7;6-4-1-2-5(7)3-4;1-2-4-5-3-1;;;;;;/h2-4,7,11,15H,5-6H2,1H3;6-9,11,15H,2-5H2,1H3;2-6,10H,1H3;1-2H,3H2;1-4H2;;;;;;/q;;;;;;+1;;;;-1. The maximum Gasteiger partial charge on any atom is 1.00 e. The Kier molecular flexibility index (Phi) is 17.0. The molecule has 10 rings (SSSR count). The molecule has 0 bridgehead atoms. The third-order valence-electron chi connectivity index (χ3n) is 10.4. The number of aromatic nitrogens is 3. The van der Waals surface area contributed by atoms with Gasteiger partial charge in [-0.15, -0.1) is 0 Å². The molecule has 4 heterocycles. The number of hydrogen-bond acceptors (Lipinski definition) is 5. The molecular weight excluding hydrogens is 708 g/mol. The fourth-order valence-corrected chi connectivity index (χ4v) is 7.55. The molecule has 6 aromatic rings. The molecule has 1 atom stereocenters. The Morgan fingerprint density at radius 3 is 1.66 bits per heavy atom. The molecule has 8 nitrogen and oxygen atoms in total. The molecule has 1 unspecified atom stereocenters. The second kappa shape index (κ2) is 21.4. The van der Waals surface area contributed by atoms with E-state index in [0.29, 0.717) is 6.42 Å². The minimum Gasteiger partial charge on any atom is -1.00 e. The van der Waals surface area contributed by atoms with Crippen molar-refractivity contribution in [2.75, 3.05) is 13.2 Å². The maximum absolute atomic E-state index is 11.8. The molecule has 3 fully saturated rings. The van der Waals surface area contributed by atoms with E-state index in [-0.39, 0.29) is 79.5 Å². The summed E-state index contributed by atoms with van der Waals surface area (Å²) in [6.45, 7) is 8.28. The molecule has 1 saturated heterocycles. The topological polar surface area (TPSA) is 125 Å². The summed E-state index contributed by atoms with van der Waals surface area (Å²) in [6.07, 6.45) is 17.3. The van der Waals surface area contributed by atoms with Gasteiger partial charge in [0.1, 0.15) is 11.6 Å². The first-order valence-electron chi connectivity index (χ1n) is 19.2. The van der Waals surface area contributed by atoms with Crippen molar-refractivity contribution >= 4 is 73.2 Å². The van der Waals surface area contributed by atoms with Crippen molar-refractivity contribution in [1.29, 1.82) is 0 Å². The summed E-state index contributed by atoms with van der Waals surface area (Å²) < 4.78 is 4.94. The predicted octanol–water partition coefficient (Wildman–Crippen LogP) is 5.92. The number of hydrogen-bond donors (Lipinski definition) is 3. The molecular formula is C46H55AlLiN3O5. The van der Waals surface area contributed by atoms with E-state index in [0.717, 1.165) is 35.6 Å². The van der Waals surface area contributed by atoms with Crippen molar-refractivity contribution in [3.8, 4) is 0 Å². The second-order valence-electron chi connectivity index (χ2n) is 14.8. The summed E-state index contributed by atoms with van der Waals surface area (Å²) in [5.41, 5.74) is 9.89. The van der Waals surface area contributed by atoms with Crippen LogP contribution in [0.3, 0.4) is 0 Å². The summed E-state index contributed by atoms with van der Waals surface area (Å²) >= 11 is 0. The Morgan fingerprint density at radius 2 is 1.16 bits per heavy atom. The van der Waals surface area contributed by atoms with Crippen molar-refractivity contribution in [3.63, 3.8) is 0 Å². The average Bonchev–Trinajstić information content (AvgIpc) is 4.00. The van der Waals surface area contributed by atoms with Crippen molar-refractivity contribution < 1.29 is 44.2 Å². The van der Waals surface area contributed by atoms with Gasteiger partial charge in [-0.25, -0.2) is 0 Å². The summed E-state index contributed by atoms with van der Waals surface area (Å²) in [5.74, 6) is 0.522. The zero-order valence-corrected chi connectivity index (χ0v) is 32.6. The van der Waals surface area contributed by atoms with Crippen LogP contribution in [-0.2, 0) is 23.9 Å². The number of carbonyl (C=O) groups excluding carboxylic acids is 4. The van der Waals surface area contributed by atoms with Gasteiger partial charge in [-0.2, -0.15) is 0 Å². The zero-order chi connectivity index (χ0) is 38.0. The van der Waals surface area contributed by atoms with Crippen LogP contribution in [0.2, 0.25) is 0 Å². The summed E-state index contributed by atoms with van der Waals surface area (Å²) in [6, 6.07) is 21.3. The minimum atomic E-state index is -0.237. The van der Waals surface area contributed by atoms with E-state index in [1.54, 1.807) is 5.56 Å². The van der Waals surface area contributed by atoms with Gasteiger partial charge in [-0.1, -0.05) is 49.2 Å². The number of allylic oxidation sites excluding steroid dienone is 2. The van der Waals surface area contributed by atoms with E-state index in [1.165, 1.54) is 89.2 Å². The second-order valence-corrected chi connectivity index (χ2v) is 14.8. The maximum atomic E-state index is 11.8. The van der Waals surface area contributed by atoms with E-state index < -0.39 is 0 Å². The number of nitrogens with one attached hydrogen (secondary N) is 3. The van der Waals surface area contributed by atoms with E-state index >= 15 is 0 Å². The fourth-order valence-electron chi connectivity index (χ4n) is 7.55. The molecule has 0 radical (unpaired) electrons. The summed E-state index contributed by atoms with van der Waals surface area (Å²) in [5, 5.41) is 3.78. The van der Waals surface area contributed by atoms with Crippen LogP contribution in [-0.4, -0.2) is 68.7 Å². The van der Waals surface area contributed by atoms with Crippen LogP contribution < -0.4 is 18.9 Å². The Bertz CT molecular complexity index is 2270. The molecule has 0 spiro atoms. The molecule has 3 N–H and O–H groups in total. The third-order valence-corrected chi connectivity index (χ3v) is 10.4. The van der Waals surface area contributed by atoms with Gasteiger partial charge in [0.15, 0.2) is 28.9 Å². The van der Waals surface area contributed by atoms with E-state index in [4.69, 9.17) is 4.74 Å². The van der Waals surface area contributed by atoms with Gasteiger partial charge >= 0.3 is 18.9 Å². The smallest absolute Gasteiger partial charge is 1.00 e. The molecule has 2 saturated carbocycles. The van der Waals surface area contributed by atoms with E-state index in [9.17, 15) is 19.2 Å². The largest absolute Gasteiger partial charge is 1.00 e. The van der Waals surface area contributed by atoms with Crippen molar-refractivity contribution in [3.05, 3.63) is 119 Å². The SMILES string of the molecule is C1CCOC1.Cc1ccc2c(C3CC(=O)CC3=O)c[nH]c2c1.Cc1ccc2c(C3CCCC3)c[nH]c2c1.Cc1ccc2cc[nH]c2c1.O=C1C=CC(=O)C1.[AlH3].[H-].[Li+]. The monoisotopic (exact) mass is 763 g/mol. The number of H-pyrrole nitrogens is 3. The minimum absolute atomic E-state index is 0. The van der Waals surface area contributed by atoms with Gasteiger partial charge in [-0.05, 0) is 122 Å². The van der Waals surface area contributed by atoms with E-state index in [2.05, 4.69) is 83.5 Å². The van der Waals surface area contributed by atoms with Crippen LogP contribution in [0.15, 0.2) is 91.4 Å². The number of carbonyl (C=O) groups is 4. The van der Waals surface area contributed by atoms with Crippen LogP contribution in [0.5, 0.6) is 0 Å². The predicted molar refractivity (Wildman–Crippen MR) is 227 cm³/mol. The van der Waals surface area contributed by atoms with Gasteiger partial charge in [0.25, 0.3) is 0 Å².